The normalized spacial score (nSPS) is 18.8. The van der Waals surface area contributed by atoms with Crippen molar-refractivity contribution in [2.24, 2.45) is 0 Å². The van der Waals surface area contributed by atoms with E-state index in [0.29, 0.717) is 19.3 Å². The molecule has 4 nitrogen and oxygen atoms in total. The van der Waals surface area contributed by atoms with Crippen molar-refractivity contribution in [2.75, 3.05) is 0 Å². The van der Waals surface area contributed by atoms with Gasteiger partial charge in [-0.2, -0.15) is 0 Å². The second-order valence-electron chi connectivity index (χ2n) is 8.82. The highest BCUT2D eigenvalue weighted by atomic mass is 32.1. The monoisotopic (exact) mass is 446 g/mol. The SMILES string of the molecule is CC(Cc1cccs1)NC(=O)CCC1(Cc2ccc(-c3ccccc3)cc2)CCC(=O)N1. The van der Waals surface area contributed by atoms with Gasteiger partial charge in [-0.05, 0) is 54.3 Å². The average Bonchev–Trinajstić information content (AvgIpc) is 3.43. The van der Waals surface area contributed by atoms with Gasteiger partial charge in [0, 0.05) is 35.7 Å². The van der Waals surface area contributed by atoms with Crippen molar-refractivity contribution in [2.45, 2.75) is 57.0 Å². The van der Waals surface area contributed by atoms with Gasteiger partial charge in [0.1, 0.15) is 0 Å². The molecule has 1 saturated heterocycles. The second kappa shape index (κ2) is 10.1. The molecule has 1 fully saturated rings. The minimum Gasteiger partial charge on any atom is -0.353 e. The summed E-state index contributed by atoms with van der Waals surface area (Å²) in [5.74, 6) is 0.131. The van der Waals surface area contributed by atoms with Gasteiger partial charge in [0.2, 0.25) is 11.8 Å². The fraction of sp³-hybridized carbons (Fsp3) is 0.333. The predicted molar refractivity (Wildman–Crippen MR) is 131 cm³/mol. The molecule has 1 aromatic heterocycles. The summed E-state index contributed by atoms with van der Waals surface area (Å²) in [5.41, 5.74) is 3.20. The minimum absolute atomic E-state index is 0.0500. The Bertz CT molecular complexity index is 1030. The Kier molecular flexibility index (Phi) is 7.05. The summed E-state index contributed by atoms with van der Waals surface area (Å²) in [6, 6.07) is 23.1. The quantitative estimate of drug-likeness (QED) is 0.478. The van der Waals surface area contributed by atoms with Crippen LogP contribution < -0.4 is 10.6 Å². The van der Waals surface area contributed by atoms with Crippen molar-refractivity contribution in [3.63, 3.8) is 0 Å². The van der Waals surface area contributed by atoms with E-state index in [1.54, 1.807) is 11.3 Å². The molecule has 4 rings (SSSR count). The molecule has 0 bridgehead atoms. The van der Waals surface area contributed by atoms with Crippen molar-refractivity contribution in [1.82, 2.24) is 10.6 Å². The highest BCUT2D eigenvalue weighted by Gasteiger charge is 2.37. The maximum Gasteiger partial charge on any atom is 0.220 e. The van der Waals surface area contributed by atoms with E-state index in [-0.39, 0.29) is 23.4 Å². The van der Waals surface area contributed by atoms with Crippen molar-refractivity contribution in [3.8, 4) is 11.1 Å². The number of carbonyl (C=O) groups is 2. The predicted octanol–water partition coefficient (Wildman–Crippen LogP) is 5.13. The van der Waals surface area contributed by atoms with E-state index in [0.717, 1.165) is 19.3 Å². The molecule has 32 heavy (non-hydrogen) atoms. The van der Waals surface area contributed by atoms with Crippen LogP contribution in [0.5, 0.6) is 0 Å². The zero-order valence-corrected chi connectivity index (χ0v) is 19.3. The Labute approximate surface area is 194 Å². The number of benzene rings is 2. The van der Waals surface area contributed by atoms with Crippen molar-refractivity contribution in [3.05, 3.63) is 82.6 Å². The first-order chi connectivity index (χ1) is 15.5. The van der Waals surface area contributed by atoms with Crippen LogP contribution in [-0.2, 0) is 22.4 Å². The van der Waals surface area contributed by atoms with Crippen LogP contribution in [0.3, 0.4) is 0 Å². The molecule has 166 valence electrons. The van der Waals surface area contributed by atoms with Gasteiger partial charge in [-0.25, -0.2) is 0 Å². The molecule has 2 atom stereocenters. The van der Waals surface area contributed by atoms with Crippen LogP contribution in [0.1, 0.15) is 43.0 Å². The number of hydrogen-bond acceptors (Lipinski definition) is 3. The molecule has 2 unspecified atom stereocenters. The highest BCUT2D eigenvalue weighted by molar-refractivity contribution is 7.09. The zero-order chi connectivity index (χ0) is 22.4. The highest BCUT2D eigenvalue weighted by Crippen LogP contribution is 2.30. The molecule has 0 aliphatic carbocycles. The number of thiophene rings is 1. The third kappa shape index (κ3) is 5.86. The Hall–Kier alpha value is -2.92. The van der Waals surface area contributed by atoms with Gasteiger partial charge in [-0.1, -0.05) is 60.7 Å². The zero-order valence-electron chi connectivity index (χ0n) is 18.5. The van der Waals surface area contributed by atoms with Crippen LogP contribution in [0.25, 0.3) is 11.1 Å². The molecule has 2 heterocycles. The summed E-state index contributed by atoms with van der Waals surface area (Å²) in [6.07, 6.45) is 3.95. The maximum absolute atomic E-state index is 12.6. The van der Waals surface area contributed by atoms with Crippen molar-refractivity contribution >= 4 is 23.2 Å². The van der Waals surface area contributed by atoms with Gasteiger partial charge in [0.25, 0.3) is 0 Å². The Morgan fingerprint density at radius 1 is 1.06 bits per heavy atom. The molecule has 2 amide bonds. The van der Waals surface area contributed by atoms with Gasteiger partial charge < -0.3 is 10.6 Å². The molecule has 2 N–H and O–H groups in total. The topological polar surface area (TPSA) is 58.2 Å². The van der Waals surface area contributed by atoms with E-state index in [4.69, 9.17) is 0 Å². The summed E-state index contributed by atoms with van der Waals surface area (Å²) in [7, 11) is 0. The Morgan fingerprint density at radius 3 is 2.47 bits per heavy atom. The van der Waals surface area contributed by atoms with Crippen LogP contribution in [0, 0.1) is 0 Å². The van der Waals surface area contributed by atoms with Crippen LogP contribution in [-0.4, -0.2) is 23.4 Å². The van der Waals surface area contributed by atoms with Crippen LogP contribution in [0.2, 0.25) is 0 Å². The Morgan fingerprint density at radius 2 is 1.81 bits per heavy atom. The van der Waals surface area contributed by atoms with Gasteiger partial charge in [0.05, 0.1) is 0 Å². The molecule has 5 heteroatoms. The molecule has 0 spiro atoms. The first kappa shape index (κ1) is 22.3. The summed E-state index contributed by atoms with van der Waals surface area (Å²) in [6.45, 7) is 2.04. The largest absolute Gasteiger partial charge is 0.353 e. The summed E-state index contributed by atoms with van der Waals surface area (Å²) >= 11 is 1.71. The number of hydrogen-bond donors (Lipinski definition) is 2. The fourth-order valence-corrected chi connectivity index (χ4v) is 5.34. The maximum atomic E-state index is 12.6. The molecule has 0 saturated carbocycles. The summed E-state index contributed by atoms with van der Waals surface area (Å²) in [4.78, 5) is 25.9. The fourth-order valence-electron chi connectivity index (χ4n) is 4.50. The third-order valence-electron chi connectivity index (χ3n) is 6.16. The van der Waals surface area contributed by atoms with E-state index in [1.807, 2.05) is 31.2 Å². The van der Waals surface area contributed by atoms with Crippen LogP contribution in [0.15, 0.2) is 72.1 Å². The van der Waals surface area contributed by atoms with E-state index < -0.39 is 0 Å². The molecular formula is C27H30N2O2S. The number of nitrogens with one attached hydrogen (secondary N) is 2. The smallest absolute Gasteiger partial charge is 0.220 e. The number of rotatable bonds is 9. The average molecular weight is 447 g/mol. The van der Waals surface area contributed by atoms with Crippen LogP contribution in [0.4, 0.5) is 0 Å². The van der Waals surface area contributed by atoms with Gasteiger partial charge in [-0.3, -0.25) is 9.59 Å². The van der Waals surface area contributed by atoms with E-state index in [2.05, 4.69) is 58.5 Å². The summed E-state index contributed by atoms with van der Waals surface area (Å²) < 4.78 is 0. The van der Waals surface area contributed by atoms with Crippen molar-refractivity contribution in [1.29, 1.82) is 0 Å². The molecule has 2 aromatic carbocycles. The van der Waals surface area contributed by atoms with Gasteiger partial charge >= 0.3 is 0 Å². The van der Waals surface area contributed by atoms with E-state index in [1.165, 1.54) is 21.6 Å². The van der Waals surface area contributed by atoms with E-state index >= 15 is 0 Å². The molecule has 0 radical (unpaired) electrons. The summed E-state index contributed by atoms with van der Waals surface area (Å²) in [5, 5.41) is 8.36. The molecule has 1 aliphatic heterocycles. The van der Waals surface area contributed by atoms with Gasteiger partial charge in [0.15, 0.2) is 0 Å². The number of amides is 2. The van der Waals surface area contributed by atoms with E-state index in [9.17, 15) is 9.59 Å². The number of carbonyl (C=O) groups excluding carboxylic acids is 2. The standard InChI is InChI=1S/C27H30N2O2S/c1-20(18-24-8-5-17-32-24)28-25(30)13-15-27(16-14-26(31)29-27)19-21-9-11-23(12-10-21)22-6-3-2-4-7-22/h2-12,17,20H,13-16,18-19H2,1H3,(H,28,30)(H,29,31). The Balaban J connectivity index is 1.36. The molecule has 1 aliphatic rings. The lowest BCUT2D eigenvalue weighted by atomic mass is 9.84. The lowest BCUT2D eigenvalue weighted by Crippen LogP contribution is -2.45. The first-order valence-electron chi connectivity index (χ1n) is 11.3. The lowest BCUT2D eigenvalue weighted by Gasteiger charge is -2.29. The first-order valence-corrected chi connectivity index (χ1v) is 12.2. The van der Waals surface area contributed by atoms with Crippen LogP contribution >= 0.6 is 11.3 Å². The second-order valence-corrected chi connectivity index (χ2v) is 9.85. The molecule has 3 aromatic rings. The molecular weight excluding hydrogens is 416 g/mol. The minimum atomic E-state index is -0.348. The third-order valence-corrected chi connectivity index (χ3v) is 7.06. The lowest BCUT2D eigenvalue weighted by molar-refractivity contribution is -0.123. The van der Waals surface area contributed by atoms with Crippen molar-refractivity contribution < 1.29 is 9.59 Å². The van der Waals surface area contributed by atoms with Gasteiger partial charge in [-0.15, -0.1) is 11.3 Å².